The fourth-order valence-corrected chi connectivity index (χ4v) is 6.06. The smallest absolute Gasteiger partial charge is 0.337 e. The Balaban J connectivity index is 1.45. The van der Waals surface area contributed by atoms with Gasteiger partial charge in [0.1, 0.15) is 0 Å². The lowest BCUT2D eigenvalue weighted by atomic mass is 9.69. The number of fused-ring (bicyclic) bond motifs is 2. The van der Waals surface area contributed by atoms with E-state index in [1.807, 2.05) is 17.0 Å². The van der Waals surface area contributed by atoms with Gasteiger partial charge in [-0.15, -0.1) is 0 Å². The molecule has 1 aromatic carbocycles. The van der Waals surface area contributed by atoms with Gasteiger partial charge in [-0.05, 0) is 73.6 Å². The van der Waals surface area contributed by atoms with Gasteiger partial charge in [0, 0.05) is 12.2 Å². The Labute approximate surface area is 154 Å². The van der Waals surface area contributed by atoms with E-state index in [0.717, 1.165) is 49.4 Å². The molecule has 0 spiro atoms. The molecule has 26 heavy (non-hydrogen) atoms. The van der Waals surface area contributed by atoms with Gasteiger partial charge in [-0.2, -0.15) is 0 Å². The third-order valence-electron chi connectivity index (χ3n) is 7.11. The Morgan fingerprint density at radius 2 is 2.08 bits per heavy atom. The van der Waals surface area contributed by atoms with Crippen LogP contribution in [0.4, 0.5) is 5.69 Å². The minimum atomic E-state index is -0.320. The van der Waals surface area contributed by atoms with Crippen LogP contribution < -0.4 is 4.90 Å². The summed E-state index contributed by atoms with van der Waals surface area (Å²) >= 11 is 0. The highest BCUT2D eigenvalue weighted by Gasteiger charge is 2.58. The molecule has 4 heteroatoms. The van der Waals surface area contributed by atoms with E-state index in [9.17, 15) is 9.59 Å². The van der Waals surface area contributed by atoms with Crippen LogP contribution >= 0.6 is 0 Å². The number of carbonyl (C=O) groups is 2. The van der Waals surface area contributed by atoms with Crippen LogP contribution in [-0.4, -0.2) is 25.5 Å². The summed E-state index contributed by atoms with van der Waals surface area (Å²) in [4.78, 5) is 27.5. The van der Waals surface area contributed by atoms with Gasteiger partial charge in [0.15, 0.2) is 0 Å². The summed E-state index contributed by atoms with van der Waals surface area (Å²) in [7, 11) is 1.40. The minimum Gasteiger partial charge on any atom is -0.465 e. The van der Waals surface area contributed by atoms with Crippen LogP contribution in [0.3, 0.4) is 0 Å². The van der Waals surface area contributed by atoms with E-state index in [-0.39, 0.29) is 11.4 Å². The number of nitrogens with zero attached hydrogens (tertiary/aromatic N) is 1. The molecular formula is C22H25NO3. The molecule has 0 aromatic heterocycles. The zero-order valence-corrected chi connectivity index (χ0v) is 15.5. The molecule has 2 saturated carbocycles. The molecule has 0 radical (unpaired) electrons. The van der Waals surface area contributed by atoms with Crippen molar-refractivity contribution < 1.29 is 14.3 Å². The zero-order chi connectivity index (χ0) is 18.1. The lowest BCUT2D eigenvalue weighted by Gasteiger charge is -2.37. The largest absolute Gasteiger partial charge is 0.465 e. The van der Waals surface area contributed by atoms with Gasteiger partial charge >= 0.3 is 5.97 Å². The third-order valence-corrected chi connectivity index (χ3v) is 7.11. The third kappa shape index (κ3) is 2.14. The first-order chi connectivity index (χ1) is 12.5. The number of methoxy groups -OCH3 is 1. The Morgan fingerprint density at radius 1 is 1.23 bits per heavy atom. The Hall–Kier alpha value is -2.10. The minimum absolute atomic E-state index is 0.188. The number of carbonyl (C=O) groups excluding carboxylic acids is 2. The number of rotatable bonds is 2. The second-order valence-electron chi connectivity index (χ2n) is 8.72. The second kappa shape index (κ2) is 5.45. The summed E-state index contributed by atoms with van der Waals surface area (Å²) < 4.78 is 4.82. The van der Waals surface area contributed by atoms with Crippen molar-refractivity contribution in [2.75, 3.05) is 18.6 Å². The van der Waals surface area contributed by atoms with Gasteiger partial charge in [0.2, 0.25) is 5.91 Å². The summed E-state index contributed by atoms with van der Waals surface area (Å²) in [5.74, 6) is 1.87. The average Bonchev–Trinajstić information content (AvgIpc) is 3.13. The number of hydrogen-bond donors (Lipinski definition) is 0. The summed E-state index contributed by atoms with van der Waals surface area (Å²) in [6, 6.07) is 5.60. The lowest BCUT2D eigenvalue weighted by molar-refractivity contribution is -0.128. The van der Waals surface area contributed by atoms with Crippen LogP contribution in [0.2, 0.25) is 0 Å². The predicted molar refractivity (Wildman–Crippen MR) is 99.0 cm³/mol. The first kappa shape index (κ1) is 16.1. The van der Waals surface area contributed by atoms with E-state index in [0.29, 0.717) is 23.3 Å². The van der Waals surface area contributed by atoms with Crippen molar-refractivity contribution in [3.63, 3.8) is 0 Å². The normalized spacial score (nSPS) is 33.8. The predicted octanol–water partition coefficient (Wildman–Crippen LogP) is 3.74. The highest BCUT2D eigenvalue weighted by molar-refractivity contribution is 6.00. The second-order valence-corrected chi connectivity index (χ2v) is 8.72. The van der Waals surface area contributed by atoms with Crippen LogP contribution in [0.5, 0.6) is 0 Å². The fraction of sp³-hybridized carbons (Fsp3) is 0.545. The number of hydrogen-bond acceptors (Lipinski definition) is 3. The molecule has 4 nitrogen and oxygen atoms in total. The number of benzene rings is 1. The number of ether oxygens (including phenoxy) is 1. The molecule has 136 valence electrons. The maximum absolute atomic E-state index is 13.7. The van der Waals surface area contributed by atoms with Crippen molar-refractivity contribution in [3.05, 3.63) is 41.0 Å². The molecule has 1 heterocycles. The Kier molecular flexibility index (Phi) is 3.37. The van der Waals surface area contributed by atoms with E-state index in [1.165, 1.54) is 13.5 Å². The molecule has 1 aromatic rings. The Morgan fingerprint density at radius 3 is 2.88 bits per heavy atom. The first-order valence-corrected chi connectivity index (χ1v) is 9.74. The van der Waals surface area contributed by atoms with E-state index in [1.54, 1.807) is 11.6 Å². The molecule has 1 aliphatic heterocycles. The van der Waals surface area contributed by atoms with Crippen LogP contribution in [-0.2, 0) is 16.0 Å². The average molecular weight is 351 g/mol. The van der Waals surface area contributed by atoms with Gasteiger partial charge < -0.3 is 9.64 Å². The highest BCUT2D eigenvalue weighted by Crippen LogP contribution is 2.63. The topological polar surface area (TPSA) is 46.6 Å². The fourth-order valence-electron chi connectivity index (χ4n) is 6.06. The molecule has 4 unspecified atom stereocenters. The molecule has 2 fully saturated rings. The summed E-state index contributed by atoms with van der Waals surface area (Å²) in [5.41, 5.74) is 4.06. The lowest BCUT2D eigenvalue weighted by Crippen LogP contribution is -2.43. The van der Waals surface area contributed by atoms with Crippen LogP contribution in [0.15, 0.2) is 29.8 Å². The summed E-state index contributed by atoms with van der Waals surface area (Å²) in [6.07, 6.45) is 7.55. The monoisotopic (exact) mass is 351 g/mol. The molecule has 4 atom stereocenters. The maximum atomic E-state index is 13.7. The molecule has 0 N–H and O–H groups in total. The zero-order valence-electron chi connectivity index (χ0n) is 15.5. The number of esters is 1. The SMILES string of the molecule is COC(=O)c1ccc2c(c1)CCN2C(=O)C12CC(C)C=C3CC(C1)C3C2. The van der Waals surface area contributed by atoms with Crippen molar-refractivity contribution in [3.8, 4) is 0 Å². The van der Waals surface area contributed by atoms with Crippen molar-refractivity contribution in [2.24, 2.45) is 23.2 Å². The van der Waals surface area contributed by atoms with Crippen molar-refractivity contribution in [1.82, 2.24) is 0 Å². The van der Waals surface area contributed by atoms with Gasteiger partial charge in [-0.25, -0.2) is 4.79 Å². The molecule has 3 aliphatic carbocycles. The van der Waals surface area contributed by atoms with Crippen molar-refractivity contribution in [1.29, 1.82) is 0 Å². The van der Waals surface area contributed by atoms with Gasteiger partial charge in [0.05, 0.1) is 18.1 Å². The molecule has 2 bridgehead atoms. The van der Waals surface area contributed by atoms with Crippen molar-refractivity contribution >= 4 is 17.6 Å². The summed E-state index contributed by atoms with van der Waals surface area (Å²) in [5, 5.41) is 0. The number of allylic oxidation sites excluding steroid dienone is 2. The molecule has 1 amide bonds. The van der Waals surface area contributed by atoms with Crippen LogP contribution in [0, 0.1) is 23.2 Å². The standard InChI is InChI=1S/C22H25NO3/c1-13-7-16-9-17-11-22(10-13,12-18(16)17)21(25)23-6-5-14-8-15(20(24)26-2)3-4-19(14)23/h3-4,7-8,13,17-18H,5-6,9-12H2,1-2H3. The van der Waals surface area contributed by atoms with Gasteiger partial charge in [-0.3, -0.25) is 4.79 Å². The van der Waals surface area contributed by atoms with Crippen LogP contribution in [0.25, 0.3) is 0 Å². The molecule has 0 saturated heterocycles. The maximum Gasteiger partial charge on any atom is 0.337 e. The molecule has 4 aliphatic rings. The van der Waals surface area contributed by atoms with E-state index in [4.69, 9.17) is 4.74 Å². The first-order valence-electron chi connectivity index (χ1n) is 9.74. The summed E-state index contributed by atoms with van der Waals surface area (Å²) in [6.45, 7) is 2.99. The van der Waals surface area contributed by atoms with Gasteiger partial charge in [-0.1, -0.05) is 18.6 Å². The van der Waals surface area contributed by atoms with E-state index < -0.39 is 0 Å². The van der Waals surface area contributed by atoms with Crippen LogP contribution in [0.1, 0.15) is 48.5 Å². The quantitative estimate of drug-likeness (QED) is 0.602. The van der Waals surface area contributed by atoms with Gasteiger partial charge in [0.25, 0.3) is 0 Å². The Bertz CT molecular complexity index is 842. The number of amides is 1. The van der Waals surface area contributed by atoms with E-state index >= 15 is 0 Å². The van der Waals surface area contributed by atoms with Crippen molar-refractivity contribution in [2.45, 2.75) is 39.0 Å². The van der Waals surface area contributed by atoms with E-state index in [2.05, 4.69) is 13.0 Å². The number of anilines is 1. The molecule has 5 rings (SSSR count). The highest BCUT2D eigenvalue weighted by atomic mass is 16.5. The molecular weight excluding hydrogens is 326 g/mol.